The first-order valence-electron chi connectivity index (χ1n) is 11.7. The van der Waals surface area contributed by atoms with Gasteiger partial charge >= 0.3 is 0 Å². The number of rotatable bonds is 7. The van der Waals surface area contributed by atoms with E-state index in [-0.39, 0.29) is 0 Å². The maximum absolute atomic E-state index is 4.77. The van der Waals surface area contributed by atoms with Gasteiger partial charge in [-0.05, 0) is 64.6 Å². The zero-order valence-corrected chi connectivity index (χ0v) is 20.0. The van der Waals surface area contributed by atoms with Crippen LogP contribution >= 0.6 is 0 Å². The predicted octanol–water partition coefficient (Wildman–Crippen LogP) is 6.51. The molecule has 164 valence electrons. The van der Waals surface area contributed by atoms with Crippen LogP contribution in [-0.2, 0) is 6.54 Å². The van der Waals surface area contributed by atoms with Gasteiger partial charge in [0.15, 0.2) is 0 Å². The van der Waals surface area contributed by atoms with Crippen molar-refractivity contribution in [3.63, 3.8) is 0 Å². The van der Waals surface area contributed by atoms with Gasteiger partial charge in [-0.2, -0.15) is 0 Å². The number of benzene rings is 1. The molecule has 2 heterocycles. The molecule has 3 nitrogen and oxygen atoms in total. The van der Waals surface area contributed by atoms with Crippen molar-refractivity contribution in [2.75, 3.05) is 19.6 Å². The Bertz CT molecular complexity index is 839. The standard InChI is InChI=1S/C25H35N3.C2H6/c1-5-19(2)16-20(3)21(4)17-28(23-11-13-26-14-12-23)18-25-24-9-7-6-8-22(24)10-15-27-25;1-2/h6-10,15-16,23,26H,5,11-14,17-18H2,1-4H3;1-2H3/b19-16-,21-20+;. The molecule has 0 saturated carbocycles. The summed E-state index contributed by atoms with van der Waals surface area (Å²) in [7, 11) is 0. The van der Waals surface area contributed by atoms with Gasteiger partial charge in [-0.25, -0.2) is 0 Å². The maximum Gasteiger partial charge on any atom is 0.0622 e. The highest BCUT2D eigenvalue weighted by Gasteiger charge is 2.22. The van der Waals surface area contributed by atoms with E-state index in [9.17, 15) is 0 Å². The largest absolute Gasteiger partial charge is 0.317 e. The molecule has 3 heteroatoms. The van der Waals surface area contributed by atoms with E-state index in [1.54, 1.807) is 0 Å². The first-order chi connectivity index (χ1) is 14.6. The zero-order chi connectivity index (χ0) is 21.9. The molecule has 0 atom stereocenters. The van der Waals surface area contributed by atoms with Crippen molar-refractivity contribution >= 4 is 10.8 Å². The van der Waals surface area contributed by atoms with E-state index >= 15 is 0 Å². The monoisotopic (exact) mass is 407 g/mol. The summed E-state index contributed by atoms with van der Waals surface area (Å²) in [5.41, 5.74) is 5.51. The Labute approximate surface area is 184 Å². The van der Waals surface area contributed by atoms with Crippen molar-refractivity contribution in [1.82, 2.24) is 15.2 Å². The van der Waals surface area contributed by atoms with Crippen molar-refractivity contribution in [3.05, 3.63) is 65.0 Å². The molecule has 1 N–H and O–H groups in total. The molecule has 0 unspecified atom stereocenters. The minimum Gasteiger partial charge on any atom is -0.317 e. The molecule has 1 aromatic carbocycles. The molecule has 1 aromatic heterocycles. The average molecular weight is 408 g/mol. The van der Waals surface area contributed by atoms with E-state index in [2.05, 4.69) is 74.3 Å². The predicted molar refractivity (Wildman–Crippen MR) is 132 cm³/mol. The van der Waals surface area contributed by atoms with E-state index in [0.717, 1.165) is 32.6 Å². The number of allylic oxidation sites excluding steroid dienone is 3. The van der Waals surface area contributed by atoms with E-state index < -0.39 is 0 Å². The quantitative estimate of drug-likeness (QED) is 0.530. The van der Waals surface area contributed by atoms with Gasteiger partial charge < -0.3 is 5.32 Å². The molecule has 0 spiro atoms. The number of nitrogens with one attached hydrogen (secondary N) is 1. The van der Waals surface area contributed by atoms with Crippen molar-refractivity contribution in [3.8, 4) is 0 Å². The lowest BCUT2D eigenvalue weighted by Crippen LogP contribution is -2.43. The third-order valence-electron chi connectivity index (χ3n) is 6.07. The minimum absolute atomic E-state index is 0.612. The molecular weight excluding hydrogens is 366 g/mol. The SMILES string of the molecule is CC.CC/C(C)=C\C(C)=C(/C)CN(Cc1nccc2ccccc12)C1CCNCC1. The highest BCUT2D eigenvalue weighted by atomic mass is 15.2. The molecule has 3 rings (SSSR count). The highest BCUT2D eigenvalue weighted by Crippen LogP contribution is 2.23. The molecule has 0 bridgehead atoms. The topological polar surface area (TPSA) is 28.2 Å². The Morgan fingerprint density at radius 2 is 1.80 bits per heavy atom. The fourth-order valence-corrected chi connectivity index (χ4v) is 4.01. The lowest BCUT2D eigenvalue weighted by atomic mass is 10.0. The van der Waals surface area contributed by atoms with Crippen LogP contribution in [0.25, 0.3) is 10.8 Å². The Morgan fingerprint density at radius 3 is 2.50 bits per heavy atom. The average Bonchev–Trinajstić information content (AvgIpc) is 2.80. The molecular formula is C27H41N3. The van der Waals surface area contributed by atoms with Crippen LogP contribution in [-0.4, -0.2) is 35.6 Å². The molecule has 1 aliphatic rings. The number of piperidine rings is 1. The summed E-state index contributed by atoms with van der Waals surface area (Å²) in [4.78, 5) is 7.43. The maximum atomic E-state index is 4.77. The van der Waals surface area contributed by atoms with Crippen LogP contribution in [0.15, 0.2) is 59.3 Å². The van der Waals surface area contributed by atoms with Crippen molar-refractivity contribution < 1.29 is 0 Å². The van der Waals surface area contributed by atoms with Gasteiger partial charge in [-0.3, -0.25) is 9.88 Å². The third-order valence-corrected chi connectivity index (χ3v) is 6.07. The lowest BCUT2D eigenvalue weighted by molar-refractivity contribution is 0.166. The highest BCUT2D eigenvalue weighted by molar-refractivity contribution is 5.84. The number of nitrogens with zero attached hydrogens (tertiary/aromatic N) is 2. The molecule has 2 aromatic rings. The Kier molecular flexibility index (Phi) is 10.3. The summed E-state index contributed by atoms with van der Waals surface area (Å²) < 4.78 is 0. The second-order valence-electron chi connectivity index (χ2n) is 8.17. The van der Waals surface area contributed by atoms with Gasteiger partial charge in [0.05, 0.1) is 5.69 Å². The van der Waals surface area contributed by atoms with Gasteiger partial charge in [0.2, 0.25) is 0 Å². The number of aromatic nitrogens is 1. The fraction of sp³-hybridized carbons (Fsp3) is 0.519. The van der Waals surface area contributed by atoms with Crippen LogP contribution in [0.2, 0.25) is 0 Å². The summed E-state index contributed by atoms with van der Waals surface area (Å²) in [6, 6.07) is 11.3. The summed E-state index contributed by atoms with van der Waals surface area (Å²) in [6.45, 7) is 17.1. The second-order valence-corrected chi connectivity index (χ2v) is 8.17. The van der Waals surface area contributed by atoms with Crippen LogP contribution < -0.4 is 5.32 Å². The van der Waals surface area contributed by atoms with Crippen LogP contribution in [0.5, 0.6) is 0 Å². The van der Waals surface area contributed by atoms with Crippen molar-refractivity contribution in [2.45, 2.75) is 73.4 Å². The van der Waals surface area contributed by atoms with E-state index in [1.165, 1.54) is 46.0 Å². The molecule has 1 aliphatic heterocycles. The zero-order valence-electron chi connectivity index (χ0n) is 20.0. The lowest BCUT2D eigenvalue weighted by Gasteiger charge is -2.35. The molecule has 0 aliphatic carbocycles. The Morgan fingerprint density at radius 1 is 1.10 bits per heavy atom. The number of fused-ring (bicyclic) bond motifs is 1. The smallest absolute Gasteiger partial charge is 0.0622 e. The number of pyridine rings is 1. The normalized spacial score (nSPS) is 16.3. The van der Waals surface area contributed by atoms with Crippen molar-refractivity contribution in [2.24, 2.45) is 0 Å². The summed E-state index contributed by atoms with van der Waals surface area (Å²) in [5.74, 6) is 0. The Hall–Kier alpha value is -1.97. The van der Waals surface area contributed by atoms with Gasteiger partial charge in [-0.15, -0.1) is 0 Å². The van der Waals surface area contributed by atoms with Crippen LogP contribution in [0, 0.1) is 0 Å². The first-order valence-corrected chi connectivity index (χ1v) is 11.7. The number of hydrogen-bond donors (Lipinski definition) is 1. The fourth-order valence-electron chi connectivity index (χ4n) is 4.01. The molecule has 30 heavy (non-hydrogen) atoms. The van der Waals surface area contributed by atoms with Crippen molar-refractivity contribution in [1.29, 1.82) is 0 Å². The van der Waals surface area contributed by atoms with Gasteiger partial charge in [-0.1, -0.05) is 67.8 Å². The Balaban J connectivity index is 0.00000155. The van der Waals surface area contributed by atoms with Gasteiger partial charge in [0.25, 0.3) is 0 Å². The van der Waals surface area contributed by atoms with Crippen LogP contribution in [0.4, 0.5) is 0 Å². The first kappa shape index (κ1) is 24.3. The minimum atomic E-state index is 0.612. The van der Waals surface area contributed by atoms with Gasteiger partial charge in [0, 0.05) is 30.7 Å². The second kappa shape index (κ2) is 12.7. The number of hydrogen-bond acceptors (Lipinski definition) is 3. The molecule has 0 radical (unpaired) electrons. The molecule has 1 fully saturated rings. The van der Waals surface area contributed by atoms with E-state index in [0.29, 0.717) is 6.04 Å². The van der Waals surface area contributed by atoms with E-state index in [4.69, 9.17) is 4.98 Å². The summed E-state index contributed by atoms with van der Waals surface area (Å²) in [5, 5.41) is 6.07. The van der Waals surface area contributed by atoms with Crippen LogP contribution in [0.3, 0.4) is 0 Å². The molecule has 0 amide bonds. The molecule has 1 saturated heterocycles. The van der Waals surface area contributed by atoms with Crippen LogP contribution in [0.1, 0.15) is 66.5 Å². The summed E-state index contributed by atoms with van der Waals surface area (Å²) >= 11 is 0. The third kappa shape index (κ3) is 6.78. The van der Waals surface area contributed by atoms with E-state index in [1.807, 2.05) is 20.0 Å². The summed E-state index contributed by atoms with van der Waals surface area (Å²) in [6.07, 6.45) is 7.84. The van der Waals surface area contributed by atoms with Gasteiger partial charge in [0.1, 0.15) is 0 Å².